The molecule has 8 aromatic carbocycles. The van der Waals surface area contributed by atoms with Gasteiger partial charge in [0, 0.05) is 22.5 Å². The monoisotopic (exact) mass is 787 g/mol. The second kappa shape index (κ2) is 13.0. The number of rotatable bonds is 4. The lowest BCUT2D eigenvalue weighted by Crippen LogP contribution is -2.30. The predicted molar refractivity (Wildman–Crippen MR) is 258 cm³/mol. The van der Waals surface area contributed by atoms with Crippen LogP contribution in [0.5, 0.6) is 0 Å². The zero-order chi connectivity index (χ0) is 42.1. The summed E-state index contributed by atoms with van der Waals surface area (Å²) in [5.41, 5.74) is 24.5. The van der Waals surface area contributed by atoms with Gasteiger partial charge in [-0.05, 0) is 142 Å². The minimum absolute atomic E-state index is 0.0000104. The van der Waals surface area contributed by atoms with Crippen LogP contribution in [-0.4, -0.2) is 0 Å². The van der Waals surface area contributed by atoms with Crippen molar-refractivity contribution < 1.29 is 0 Å². The number of benzene rings is 8. The summed E-state index contributed by atoms with van der Waals surface area (Å²) in [6.45, 7) is 19.0. The van der Waals surface area contributed by atoms with E-state index >= 15 is 0 Å². The average molecular weight is 788 g/mol. The van der Waals surface area contributed by atoms with E-state index in [-0.39, 0.29) is 16.2 Å². The molecule has 0 aliphatic heterocycles. The maximum Gasteiger partial charge on any atom is 0.0728 e. The highest BCUT2D eigenvalue weighted by molar-refractivity contribution is 5.97. The molecule has 0 bridgehead atoms. The van der Waals surface area contributed by atoms with Crippen LogP contribution in [0.15, 0.2) is 176 Å². The van der Waals surface area contributed by atoms with E-state index in [0.717, 1.165) is 17.1 Å². The highest BCUT2D eigenvalue weighted by Crippen LogP contribution is 2.65. The van der Waals surface area contributed by atoms with Crippen molar-refractivity contribution in [2.45, 2.75) is 77.0 Å². The normalized spacial score (nSPS) is 14.8. The Hall–Kier alpha value is -6.44. The van der Waals surface area contributed by atoms with Gasteiger partial charge in [0.1, 0.15) is 0 Å². The quantitative estimate of drug-likeness (QED) is 0.172. The summed E-state index contributed by atoms with van der Waals surface area (Å²) < 4.78 is 0. The van der Waals surface area contributed by atoms with Crippen molar-refractivity contribution in [1.29, 1.82) is 0 Å². The fraction of sp³-hybridized carbons (Fsp3) is 0.200. The number of fused-ring (bicyclic) bond motifs is 13. The molecule has 8 aromatic rings. The lowest BCUT2D eigenvalue weighted by Gasteiger charge is -2.36. The largest absolute Gasteiger partial charge is 0.310 e. The van der Waals surface area contributed by atoms with Gasteiger partial charge in [0.2, 0.25) is 0 Å². The van der Waals surface area contributed by atoms with E-state index in [1.165, 1.54) is 89.0 Å². The molecule has 1 nitrogen and oxygen atoms in total. The molecule has 0 fully saturated rings. The smallest absolute Gasteiger partial charge is 0.0728 e. The zero-order valence-electron chi connectivity index (χ0n) is 36.7. The standard InChI is InChI=1S/C60H53N/c1-57(2,3)40-35-49-48-31-29-39(34-54(48)60(56(49)55(36-40)58(4,5)6)51-27-16-13-24-45(51)46-25-14-17-28-52(46)60)38-19-18-22-42(33-38)61(41-20-10-9-11-21-41)43-30-32-47-44-23-12-15-26-50(44)59(7,8)53(47)37-43/h9-37H,1-8H3. The van der Waals surface area contributed by atoms with Crippen LogP contribution in [0.25, 0.3) is 44.5 Å². The van der Waals surface area contributed by atoms with Crippen molar-refractivity contribution in [1.82, 2.24) is 0 Å². The van der Waals surface area contributed by atoms with E-state index in [0.29, 0.717) is 0 Å². The first-order chi connectivity index (χ1) is 29.3. The average Bonchev–Trinajstić information content (AvgIpc) is 3.81. The Kier molecular flexibility index (Phi) is 8.02. The fourth-order valence-corrected chi connectivity index (χ4v) is 11.2. The number of anilines is 3. The Morgan fingerprint density at radius 1 is 0.361 bits per heavy atom. The van der Waals surface area contributed by atoms with Crippen LogP contribution in [0.3, 0.4) is 0 Å². The van der Waals surface area contributed by atoms with Crippen molar-refractivity contribution in [2.75, 3.05) is 4.90 Å². The topological polar surface area (TPSA) is 3.24 Å². The van der Waals surface area contributed by atoms with Crippen molar-refractivity contribution in [2.24, 2.45) is 0 Å². The number of para-hydroxylation sites is 1. The van der Waals surface area contributed by atoms with Crippen LogP contribution in [0.2, 0.25) is 0 Å². The Morgan fingerprint density at radius 3 is 1.54 bits per heavy atom. The van der Waals surface area contributed by atoms with Gasteiger partial charge in [-0.2, -0.15) is 0 Å². The van der Waals surface area contributed by atoms with Crippen LogP contribution < -0.4 is 4.90 Å². The van der Waals surface area contributed by atoms with Crippen molar-refractivity contribution in [3.63, 3.8) is 0 Å². The van der Waals surface area contributed by atoms with Crippen molar-refractivity contribution in [3.05, 3.63) is 220 Å². The molecule has 0 saturated carbocycles. The minimum Gasteiger partial charge on any atom is -0.310 e. The molecule has 0 radical (unpaired) electrons. The Morgan fingerprint density at radius 2 is 0.885 bits per heavy atom. The highest BCUT2D eigenvalue weighted by Gasteiger charge is 2.54. The van der Waals surface area contributed by atoms with E-state index in [1.807, 2.05) is 0 Å². The van der Waals surface area contributed by atoms with Crippen LogP contribution >= 0.6 is 0 Å². The van der Waals surface area contributed by atoms with E-state index in [9.17, 15) is 0 Å². The van der Waals surface area contributed by atoms with Gasteiger partial charge < -0.3 is 4.90 Å². The lowest BCUT2D eigenvalue weighted by atomic mass is 9.65. The fourth-order valence-electron chi connectivity index (χ4n) is 11.2. The second-order valence-electron chi connectivity index (χ2n) is 20.2. The maximum atomic E-state index is 2.54. The molecule has 0 atom stereocenters. The van der Waals surface area contributed by atoms with Crippen LogP contribution in [-0.2, 0) is 21.7 Å². The Labute approximate surface area is 362 Å². The molecule has 0 N–H and O–H groups in total. The third kappa shape index (κ3) is 5.39. The molecule has 298 valence electrons. The predicted octanol–water partition coefficient (Wildman–Crippen LogP) is 16.1. The molecule has 0 saturated heterocycles. The molecule has 0 heterocycles. The number of hydrogen-bond acceptors (Lipinski definition) is 1. The summed E-state index contributed by atoms with van der Waals surface area (Å²) in [7, 11) is 0. The third-order valence-electron chi connectivity index (χ3n) is 14.1. The van der Waals surface area contributed by atoms with E-state index in [2.05, 4.69) is 236 Å². The molecule has 0 aromatic heterocycles. The molecule has 3 aliphatic carbocycles. The van der Waals surface area contributed by atoms with Gasteiger partial charge in [0.25, 0.3) is 0 Å². The Bertz CT molecular complexity index is 3030. The summed E-state index contributed by atoms with van der Waals surface area (Å²) in [4.78, 5) is 2.43. The molecule has 3 aliphatic rings. The summed E-state index contributed by atoms with van der Waals surface area (Å²) in [5.74, 6) is 0. The molecular weight excluding hydrogens is 735 g/mol. The molecule has 0 amide bonds. The summed E-state index contributed by atoms with van der Waals surface area (Å²) in [6.07, 6.45) is 0. The van der Waals surface area contributed by atoms with E-state index in [4.69, 9.17) is 0 Å². The molecule has 1 spiro atoms. The van der Waals surface area contributed by atoms with Gasteiger partial charge in [-0.3, -0.25) is 0 Å². The summed E-state index contributed by atoms with van der Waals surface area (Å²) in [6, 6.07) is 66.8. The van der Waals surface area contributed by atoms with Gasteiger partial charge >= 0.3 is 0 Å². The van der Waals surface area contributed by atoms with Crippen molar-refractivity contribution in [3.8, 4) is 44.5 Å². The SMILES string of the molecule is CC(C)(C)c1cc2c(c(C(C)(C)C)c1)C1(c3ccccc3-c3ccccc31)c1cc(-c3cccc(N(c4ccccc4)c4ccc5c(c4)C(C)(C)c4ccccc4-5)c3)ccc1-2. The first-order valence-electron chi connectivity index (χ1n) is 22.0. The molecule has 0 unspecified atom stereocenters. The lowest BCUT2D eigenvalue weighted by molar-refractivity contribution is 0.558. The number of hydrogen-bond donors (Lipinski definition) is 0. The molecule has 61 heavy (non-hydrogen) atoms. The van der Waals surface area contributed by atoms with Gasteiger partial charge in [0.05, 0.1) is 5.41 Å². The molecule has 11 rings (SSSR count). The Balaban J connectivity index is 1.12. The van der Waals surface area contributed by atoms with E-state index in [1.54, 1.807) is 0 Å². The highest BCUT2D eigenvalue weighted by atomic mass is 15.1. The van der Waals surface area contributed by atoms with Gasteiger partial charge in [0.15, 0.2) is 0 Å². The minimum atomic E-state index is -0.449. The molecule has 1 heteroatoms. The van der Waals surface area contributed by atoms with Gasteiger partial charge in [-0.15, -0.1) is 0 Å². The third-order valence-corrected chi connectivity index (χ3v) is 14.1. The summed E-state index contributed by atoms with van der Waals surface area (Å²) in [5, 5.41) is 0. The summed E-state index contributed by atoms with van der Waals surface area (Å²) >= 11 is 0. The molecular formula is C60H53N. The first kappa shape index (κ1) is 37.6. The second-order valence-corrected chi connectivity index (χ2v) is 20.2. The maximum absolute atomic E-state index is 2.54. The van der Waals surface area contributed by atoms with Crippen molar-refractivity contribution >= 4 is 17.1 Å². The van der Waals surface area contributed by atoms with Gasteiger partial charge in [-0.25, -0.2) is 0 Å². The van der Waals surface area contributed by atoms with Gasteiger partial charge in [-0.1, -0.05) is 189 Å². The zero-order valence-corrected chi connectivity index (χ0v) is 36.7. The first-order valence-corrected chi connectivity index (χ1v) is 22.0. The van der Waals surface area contributed by atoms with Crippen LogP contribution in [0, 0.1) is 0 Å². The van der Waals surface area contributed by atoms with Crippen LogP contribution in [0.1, 0.15) is 99.9 Å². The van der Waals surface area contributed by atoms with Crippen LogP contribution in [0.4, 0.5) is 17.1 Å². The number of nitrogens with zero attached hydrogens (tertiary/aromatic N) is 1. The van der Waals surface area contributed by atoms with E-state index < -0.39 is 5.41 Å².